The van der Waals surface area contributed by atoms with Gasteiger partial charge in [0.05, 0.1) is 11.5 Å². The quantitative estimate of drug-likeness (QED) is 0.763. The van der Waals surface area contributed by atoms with E-state index in [2.05, 4.69) is 5.32 Å². The van der Waals surface area contributed by atoms with Gasteiger partial charge in [0.1, 0.15) is 0 Å². The number of benzene rings is 1. The van der Waals surface area contributed by atoms with E-state index in [1.807, 2.05) is 25.1 Å². The van der Waals surface area contributed by atoms with Crippen LogP contribution in [0.3, 0.4) is 0 Å². The van der Waals surface area contributed by atoms with Crippen molar-refractivity contribution in [3.63, 3.8) is 0 Å². The molecule has 1 saturated heterocycles. The number of hydrogen-bond donors (Lipinski definition) is 2. The summed E-state index contributed by atoms with van der Waals surface area (Å²) in [6.07, 6.45) is 0.643. The lowest BCUT2D eigenvalue weighted by Gasteiger charge is -2.25. The second kappa shape index (κ2) is 3.66. The molecule has 3 N–H and O–H groups in total. The predicted octanol–water partition coefficient (Wildman–Crippen LogP) is 1.26. The standard InChI is InChI=1S/C11H16N2O2S/c1-11(5-6-16(14,15)8-11)13-10-4-2-3-9(12)7-10/h2-4,7,13H,5-6,8,12H2,1H3. The molecule has 0 amide bonds. The van der Waals surface area contributed by atoms with Gasteiger partial charge in [-0.3, -0.25) is 0 Å². The van der Waals surface area contributed by atoms with E-state index in [9.17, 15) is 8.42 Å². The molecule has 1 fully saturated rings. The maximum atomic E-state index is 11.4. The van der Waals surface area contributed by atoms with Gasteiger partial charge in [0.25, 0.3) is 0 Å². The Kier molecular flexibility index (Phi) is 2.58. The van der Waals surface area contributed by atoms with E-state index < -0.39 is 9.84 Å². The number of sulfone groups is 1. The van der Waals surface area contributed by atoms with Crippen LogP contribution in [-0.4, -0.2) is 25.5 Å². The molecule has 0 aromatic heterocycles. The SMILES string of the molecule is CC1(Nc2cccc(N)c2)CCS(=O)(=O)C1. The molecule has 1 aromatic rings. The largest absolute Gasteiger partial charge is 0.399 e. The fraction of sp³-hybridized carbons (Fsp3) is 0.455. The molecule has 0 radical (unpaired) electrons. The van der Waals surface area contributed by atoms with Crippen molar-refractivity contribution < 1.29 is 8.42 Å². The van der Waals surface area contributed by atoms with Crippen molar-refractivity contribution in [2.75, 3.05) is 22.6 Å². The van der Waals surface area contributed by atoms with Crippen LogP contribution in [0.5, 0.6) is 0 Å². The summed E-state index contributed by atoms with van der Waals surface area (Å²) in [4.78, 5) is 0. The van der Waals surface area contributed by atoms with Gasteiger partial charge in [-0.1, -0.05) is 6.07 Å². The highest BCUT2D eigenvalue weighted by Gasteiger charge is 2.38. The molecule has 0 saturated carbocycles. The van der Waals surface area contributed by atoms with Gasteiger partial charge in [-0.2, -0.15) is 0 Å². The molecule has 1 heterocycles. The van der Waals surface area contributed by atoms with Gasteiger partial charge >= 0.3 is 0 Å². The molecule has 0 aliphatic carbocycles. The van der Waals surface area contributed by atoms with Crippen molar-refractivity contribution >= 4 is 21.2 Å². The Labute approximate surface area is 95.8 Å². The predicted molar refractivity (Wildman–Crippen MR) is 66.2 cm³/mol. The molecule has 1 unspecified atom stereocenters. The number of nitrogen functional groups attached to an aromatic ring is 1. The minimum atomic E-state index is -2.88. The molecule has 4 nitrogen and oxygen atoms in total. The second-order valence-corrected chi connectivity index (χ2v) is 6.84. The van der Waals surface area contributed by atoms with Crippen LogP contribution in [0.2, 0.25) is 0 Å². The number of anilines is 2. The summed E-state index contributed by atoms with van der Waals surface area (Å²) in [5, 5.41) is 3.25. The van der Waals surface area contributed by atoms with Crippen molar-refractivity contribution in [3.05, 3.63) is 24.3 Å². The highest BCUT2D eigenvalue weighted by Crippen LogP contribution is 2.27. The van der Waals surface area contributed by atoms with E-state index >= 15 is 0 Å². The topological polar surface area (TPSA) is 72.2 Å². The molecule has 1 atom stereocenters. The molecule has 1 aliphatic heterocycles. The molecule has 88 valence electrons. The summed E-state index contributed by atoms with van der Waals surface area (Å²) >= 11 is 0. The van der Waals surface area contributed by atoms with Crippen LogP contribution >= 0.6 is 0 Å². The third-order valence-electron chi connectivity index (χ3n) is 2.84. The lowest BCUT2D eigenvalue weighted by molar-refractivity contribution is 0.574. The van der Waals surface area contributed by atoms with Crippen molar-refractivity contribution in [2.45, 2.75) is 18.9 Å². The second-order valence-electron chi connectivity index (χ2n) is 4.65. The summed E-state index contributed by atoms with van der Waals surface area (Å²) in [5.74, 6) is 0.452. The first kappa shape index (κ1) is 11.3. The summed E-state index contributed by atoms with van der Waals surface area (Å²) in [5.41, 5.74) is 6.85. The van der Waals surface area contributed by atoms with Gasteiger partial charge in [0.2, 0.25) is 0 Å². The highest BCUT2D eigenvalue weighted by atomic mass is 32.2. The zero-order valence-electron chi connectivity index (χ0n) is 9.23. The zero-order valence-corrected chi connectivity index (χ0v) is 10.0. The fourth-order valence-corrected chi connectivity index (χ4v) is 4.17. The van der Waals surface area contributed by atoms with Crippen LogP contribution in [0.15, 0.2) is 24.3 Å². The summed E-state index contributed by atoms with van der Waals surface area (Å²) in [6, 6.07) is 7.37. The average Bonchev–Trinajstić information content (AvgIpc) is 2.40. The van der Waals surface area contributed by atoms with Gasteiger partial charge in [0, 0.05) is 16.9 Å². The molecule has 2 rings (SSSR count). The Hall–Kier alpha value is -1.23. The molecule has 16 heavy (non-hydrogen) atoms. The number of rotatable bonds is 2. The summed E-state index contributed by atoms with van der Waals surface area (Å²) in [7, 11) is -2.88. The summed E-state index contributed by atoms with van der Waals surface area (Å²) < 4.78 is 22.9. The van der Waals surface area contributed by atoms with Crippen LogP contribution < -0.4 is 11.1 Å². The highest BCUT2D eigenvalue weighted by molar-refractivity contribution is 7.91. The Morgan fingerprint density at radius 2 is 2.19 bits per heavy atom. The van der Waals surface area contributed by atoms with Crippen molar-refractivity contribution in [2.24, 2.45) is 0 Å². The molecule has 0 spiro atoms. The Balaban J connectivity index is 2.16. The molecule has 1 aromatic carbocycles. The van der Waals surface area contributed by atoms with E-state index in [1.54, 1.807) is 6.07 Å². The lowest BCUT2D eigenvalue weighted by atomic mass is 10.0. The summed E-state index contributed by atoms with van der Waals surface area (Å²) in [6.45, 7) is 1.93. The molecule has 0 bridgehead atoms. The van der Waals surface area contributed by atoms with E-state index in [4.69, 9.17) is 5.73 Å². The molecule has 5 heteroatoms. The zero-order chi connectivity index (χ0) is 11.8. The first-order chi connectivity index (χ1) is 7.39. The smallest absolute Gasteiger partial charge is 0.152 e. The Morgan fingerprint density at radius 1 is 1.44 bits per heavy atom. The Bertz CT molecular complexity index is 498. The monoisotopic (exact) mass is 240 g/mol. The average molecular weight is 240 g/mol. The van der Waals surface area contributed by atoms with E-state index in [0.717, 1.165) is 5.69 Å². The number of nitrogens with one attached hydrogen (secondary N) is 1. The van der Waals surface area contributed by atoms with Crippen LogP contribution in [-0.2, 0) is 9.84 Å². The third-order valence-corrected chi connectivity index (χ3v) is 4.74. The third kappa shape index (κ3) is 2.47. The number of nitrogens with two attached hydrogens (primary N) is 1. The van der Waals surface area contributed by atoms with E-state index in [-0.39, 0.29) is 17.0 Å². The van der Waals surface area contributed by atoms with Gasteiger partial charge in [0.15, 0.2) is 9.84 Å². The Morgan fingerprint density at radius 3 is 2.75 bits per heavy atom. The van der Waals surface area contributed by atoms with Crippen LogP contribution in [0.4, 0.5) is 11.4 Å². The molecular weight excluding hydrogens is 224 g/mol. The van der Waals surface area contributed by atoms with Crippen molar-refractivity contribution in [1.82, 2.24) is 0 Å². The molecule has 1 aliphatic rings. The van der Waals surface area contributed by atoms with E-state index in [0.29, 0.717) is 12.1 Å². The van der Waals surface area contributed by atoms with Gasteiger partial charge in [-0.15, -0.1) is 0 Å². The van der Waals surface area contributed by atoms with Gasteiger partial charge in [-0.05, 0) is 31.5 Å². The first-order valence-electron chi connectivity index (χ1n) is 5.23. The maximum Gasteiger partial charge on any atom is 0.152 e. The minimum absolute atomic E-state index is 0.189. The van der Waals surface area contributed by atoms with Crippen LogP contribution in [0.25, 0.3) is 0 Å². The first-order valence-corrected chi connectivity index (χ1v) is 7.05. The minimum Gasteiger partial charge on any atom is -0.399 e. The van der Waals surface area contributed by atoms with Crippen molar-refractivity contribution in [1.29, 1.82) is 0 Å². The van der Waals surface area contributed by atoms with Gasteiger partial charge < -0.3 is 11.1 Å². The van der Waals surface area contributed by atoms with Crippen LogP contribution in [0, 0.1) is 0 Å². The fourth-order valence-electron chi connectivity index (χ4n) is 2.07. The molecular formula is C11H16N2O2S. The van der Waals surface area contributed by atoms with Gasteiger partial charge in [-0.25, -0.2) is 8.42 Å². The maximum absolute atomic E-state index is 11.4. The van der Waals surface area contributed by atoms with E-state index in [1.165, 1.54) is 0 Å². The van der Waals surface area contributed by atoms with Crippen LogP contribution in [0.1, 0.15) is 13.3 Å². The lowest BCUT2D eigenvalue weighted by Crippen LogP contribution is -2.35. The van der Waals surface area contributed by atoms with Crippen molar-refractivity contribution in [3.8, 4) is 0 Å². The number of hydrogen-bond acceptors (Lipinski definition) is 4. The normalized spacial score (nSPS) is 27.8.